The van der Waals surface area contributed by atoms with Gasteiger partial charge in [-0.2, -0.15) is 0 Å². The highest BCUT2D eigenvalue weighted by atomic mass is 16.5. The van der Waals surface area contributed by atoms with Crippen LogP contribution in [-0.2, 0) is 6.42 Å². The zero-order valence-electron chi connectivity index (χ0n) is 12.5. The Morgan fingerprint density at radius 2 is 2.11 bits per heavy atom. The fourth-order valence-electron chi connectivity index (χ4n) is 2.01. The lowest BCUT2D eigenvalue weighted by atomic mass is 10.1. The van der Waals surface area contributed by atoms with Crippen LogP contribution in [0, 0.1) is 12.8 Å². The summed E-state index contributed by atoms with van der Waals surface area (Å²) >= 11 is 0. The molecule has 3 N–H and O–H groups in total. The van der Waals surface area contributed by atoms with Gasteiger partial charge in [-0.15, -0.1) is 0 Å². The molecule has 0 radical (unpaired) electrons. The quantitative estimate of drug-likeness (QED) is 0.674. The lowest BCUT2D eigenvalue weighted by Crippen LogP contribution is -2.22. The van der Waals surface area contributed by atoms with Gasteiger partial charge in [0.05, 0.1) is 6.61 Å². The molecule has 0 spiro atoms. The highest BCUT2D eigenvalue weighted by Crippen LogP contribution is 2.19. The normalized spacial score (nSPS) is 12.4. The van der Waals surface area contributed by atoms with Crippen LogP contribution < -0.4 is 15.8 Å². The molecule has 0 amide bonds. The van der Waals surface area contributed by atoms with Crippen molar-refractivity contribution >= 4 is 0 Å². The third-order valence-electron chi connectivity index (χ3n) is 3.35. The summed E-state index contributed by atoms with van der Waals surface area (Å²) in [6, 6.07) is 6.45. The molecular weight excluding hydrogens is 236 g/mol. The van der Waals surface area contributed by atoms with E-state index in [1.807, 2.05) is 6.92 Å². The average Bonchev–Trinajstić information content (AvgIpc) is 2.41. The van der Waals surface area contributed by atoms with E-state index in [0.29, 0.717) is 5.92 Å². The first-order valence-electron chi connectivity index (χ1n) is 7.30. The number of ether oxygens (including phenoxy) is 1. The first kappa shape index (κ1) is 16.0. The summed E-state index contributed by atoms with van der Waals surface area (Å²) < 4.78 is 5.55. The molecule has 1 aromatic carbocycles. The molecule has 108 valence electrons. The first-order chi connectivity index (χ1) is 9.17. The van der Waals surface area contributed by atoms with Gasteiger partial charge in [0.2, 0.25) is 0 Å². The van der Waals surface area contributed by atoms with Crippen molar-refractivity contribution in [3.05, 3.63) is 29.3 Å². The van der Waals surface area contributed by atoms with Gasteiger partial charge in [0.25, 0.3) is 0 Å². The topological polar surface area (TPSA) is 47.3 Å². The molecule has 0 aliphatic heterocycles. The SMILES string of the molecule is CCOc1ccc(CCNCCC(C)CN)cc1C. The molecule has 0 aromatic heterocycles. The van der Waals surface area contributed by atoms with Gasteiger partial charge in [0, 0.05) is 0 Å². The Hall–Kier alpha value is -1.06. The van der Waals surface area contributed by atoms with Gasteiger partial charge in [-0.05, 0) is 69.4 Å². The van der Waals surface area contributed by atoms with E-state index < -0.39 is 0 Å². The molecule has 0 bridgehead atoms. The van der Waals surface area contributed by atoms with Crippen molar-refractivity contribution in [2.45, 2.75) is 33.6 Å². The molecule has 1 rings (SSSR count). The maximum atomic E-state index is 5.59. The second-order valence-corrected chi connectivity index (χ2v) is 5.16. The summed E-state index contributed by atoms with van der Waals surface area (Å²) in [7, 11) is 0. The minimum atomic E-state index is 0.611. The standard InChI is InChI=1S/C16H28N2O/c1-4-19-16-6-5-15(11-14(16)3)8-10-18-9-7-13(2)12-17/h5-6,11,13,18H,4,7-10,12,17H2,1-3H3. The van der Waals surface area contributed by atoms with Crippen LogP contribution in [0.5, 0.6) is 5.75 Å². The maximum absolute atomic E-state index is 5.59. The van der Waals surface area contributed by atoms with E-state index in [4.69, 9.17) is 10.5 Å². The Morgan fingerprint density at radius 1 is 1.32 bits per heavy atom. The van der Waals surface area contributed by atoms with E-state index in [-0.39, 0.29) is 0 Å². The van der Waals surface area contributed by atoms with E-state index in [1.165, 1.54) is 11.1 Å². The number of nitrogens with two attached hydrogens (primary N) is 1. The summed E-state index contributed by atoms with van der Waals surface area (Å²) in [5.74, 6) is 1.61. The van der Waals surface area contributed by atoms with Crippen molar-refractivity contribution in [3.63, 3.8) is 0 Å². The van der Waals surface area contributed by atoms with Gasteiger partial charge in [-0.1, -0.05) is 19.1 Å². The Morgan fingerprint density at radius 3 is 2.74 bits per heavy atom. The third-order valence-corrected chi connectivity index (χ3v) is 3.35. The predicted octanol–water partition coefficient (Wildman–Crippen LogP) is 2.51. The zero-order chi connectivity index (χ0) is 14.1. The van der Waals surface area contributed by atoms with E-state index in [0.717, 1.165) is 44.8 Å². The van der Waals surface area contributed by atoms with Gasteiger partial charge in [-0.25, -0.2) is 0 Å². The number of nitrogens with one attached hydrogen (secondary N) is 1. The number of hydrogen-bond donors (Lipinski definition) is 2. The minimum Gasteiger partial charge on any atom is -0.494 e. The molecule has 0 aliphatic carbocycles. The van der Waals surface area contributed by atoms with E-state index >= 15 is 0 Å². The van der Waals surface area contributed by atoms with Crippen molar-refractivity contribution in [3.8, 4) is 5.75 Å². The molecule has 1 unspecified atom stereocenters. The fourth-order valence-corrected chi connectivity index (χ4v) is 2.01. The summed E-state index contributed by atoms with van der Waals surface area (Å²) in [6.07, 6.45) is 2.21. The molecule has 0 saturated carbocycles. The van der Waals surface area contributed by atoms with Crippen LogP contribution in [0.25, 0.3) is 0 Å². The van der Waals surface area contributed by atoms with E-state index in [1.54, 1.807) is 0 Å². The minimum absolute atomic E-state index is 0.611. The van der Waals surface area contributed by atoms with Crippen LogP contribution in [0.15, 0.2) is 18.2 Å². The lowest BCUT2D eigenvalue weighted by Gasteiger charge is -2.11. The van der Waals surface area contributed by atoms with Crippen molar-refractivity contribution < 1.29 is 4.74 Å². The van der Waals surface area contributed by atoms with Crippen LogP contribution >= 0.6 is 0 Å². The summed E-state index contributed by atoms with van der Waals surface area (Å²) in [5.41, 5.74) is 8.17. The van der Waals surface area contributed by atoms with Crippen LogP contribution in [0.4, 0.5) is 0 Å². The Balaban J connectivity index is 2.28. The predicted molar refractivity (Wildman–Crippen MR) is 81.8 cm³/mol. The largest absolute Gasteiger partial charge is 0.494 e. The number of benzene rings is 1. The van der Waals surface area contributed by atoms with Gasteiger partial charge in [-0.3, -0.25) is 0 Å². The van der Waals surface area contributed by atoms with E-state index in [2.05, 4.69) is 37.4 Å². The number of rotatable bonds is 9. The van der Waals surface area contributed by atoms with Gasteiger partial charge < -0.3 is 15.8 Å². The average molecular weight is 264 g/mol. The molecule has 1 aromatic rings. The van der Waals surface area contributed by atoms with Crippen molar-refractivity contribution in [2.75, 3.05) is 26.2 Å². The van der Waals surface area contributed by atoms with Crippen LogP contribution in [0.1, 0.15) is 31.4 Å². The van der Waals surface area contributed by atoms with Gasteiger partial charge in [0.15, 0.2) is 0 Å². The van der Waals surface area contributed by atoms with Crippen LogP contribution in [0.3, 0.4) is 0 Å². The molecular formula is C16H28N2O. The van der Waals surface area contributed by atoms with Gasteiger partial charge in [0.1, 0.15) is 5.75 Å². The summed E-state index contributed by atoms with van der Waals surface area (Å²) in [5, 5.41) is 3.47. The van der Waals surface area contributed by atoms with Crippen molar-refractivity contribution in [1.29, 1.82) is 0 Å². The Bertz CT molecular complexity index is 366. The van der Waals surface area contributed by atoms with Crippen molar-refractivity contribution in [1.82, 2.24) is 5.32 Å². The second kappa shape index (κ2) is 8.94. The third kappa shape index (κ3) is 6.08. The Labute approximate surface area is 117 Å². The lowest BCUT2D eigenvalue weighted by molar-refractivity contribution is 0.338. The smallest absolute Gasteiger partial charge is 0.122 e. The number of aryl methyl sites for hydroxylation is 1. The molecule has 3 heteroatoms. The molecule has 0 heterocycles. The Kier molecular flexibility index (Phi) is 7.53. The van der Waals surface area contributed by atoms with Crippen LogP contribution in [0.2, 0.25) is 0 Å². The molecule has 19 heavy (non-hydrogen) atoms. The van der Waals surface area contributed by atoms with E-state index in [9.17, 15) is 0 Å². The number of hydrogen-bond acceptors (Lipinski definition) is 3. The molecule has 0 aliphatic rings. The summed E-state index contributed by atoms with van der Waals surface area (Å²) in [4.78, 5) is 0. The van der Waals surface area contributed by atoms with Gasteiger partial charge >= 0.3 is 0 Å². The zero-order valence-corrected chi connectivity index (χ0v) is 12.5. The molecule has 1 atom stereocenters. The maximum Gasteiger partial charge on any atom is 0.122 e. The highest BCUT2D eigenvalue weighted by Gasteiger charge is 2.01. The molecule has 0 saturated heterocycles. The van der Waals surface area contributed by atoms with Crippen molar-refractivity contribution in [2.24, 2.45) is 11.7 Å². The second-order valence-electron chi connectivity index (χ2n) is 5.16. The monoisotopic (exact) mass is 264 g/mol. The summed E-state index contributed by atoms with van der Waals surface area (Å²) in [6.45, 7) is 9.88. The molecule has 3 nitrogen and oxygen atoms in total. The van der Waals surface area contributed by atoms with Crippen LogP contribution in [-0.4, -0.2) is 26.2 Å². The molecule has 0 fully saturated rings. The first-order valence-corrected chi connectivity index (χ1v) is 7.30. The highest BCUT2D eigenvalue weighted by molar-refractivity contribution is 5.36. The fraction of sp³-hybridized carbons (Fsp3) is 0.625.